The van der Waals surface area contributed by atoms with Gasteiger partial charge in [0.2, 0.25) is 0 Å². The van der Waals surface area contributed by atoms with Crippen LogP contribution in [0.2, 0.25) is 0 Å². The Labute approximate surface area is 81.1 Å². The van der Waals surface area contributed by atoms with Crippen molar-refractivity contribution in [3.05, 3.63) is 0 Å². The molecule has 76 valence electrons. The van der Waals surface area contributed by atoms with Gasteiger partial charge in [-0.2, -0.15) is 0 Å². The second-order valence-electron chi connectivity index (χ2n) is 5.15. The Bertz CT molecular complexity index is 223. The van der Waals surface area contributed by atoms with Crippen LogP contribution in [-0.2, 0) is 4.57 Å². The fourth-order valence-corrected chi connectivity index (χ4v) is 4.46. The van der Waals surface area contributed by atoms with Crippen molar-refractivity contribution in [3.63, 3.8) is 0 Å². The van der Waals surface area contributed by atoms with Crippen LogP contribution in [0.25, 0.3) is 0 Å². The van der Waals surface area contributed by atoms with E-state index in [-0.39, 0.29) is 0 Å². The first-order chi connectivity index (χ1) is 6.04. The number of fused-ring (bicyclic) bond motifs is 1. The highest BCUT2D eigenvalue weighted by Gasteiger charge is 2.36. The van der Waals surface area contributed by atoms with Gasteiger partial charge in [-0.1, -0.05) is 0 Å². The van der Waals surface area contributed by atoms with Crippen molar-refractivity contribution >= 4 is 7.14 Å². The van der Waals surface area contributed by atoms with Gasteiger partial charge in [-0.25, -0.2) is 0 Å². The van der Waals surface area contributed by atoms with Crippen LogP contribution in [0, 0.1) is 5.92 Å². The van der Waals surface area contributed by atoms with Gasteiger partial charge in [0.05, 0.1) is 7.14 Å². The summed E-state index contributed by atoms with van der Waals surface area (Å²) in [4.78, 5) is 2.60. The van der Waals surface area contributed by atoms with Gasteiger partial charge in [0, 0.05) is 18.7 Å². The fourth-order valence-electron chi connectivity index (χ4n) is 2.95. The van der Waals surface area contributed by atoms with Crippen molar-refractivity contribution in [2.45, 2.75) is 25.3 Å². The van der Waals surface area contributed by atoms with Gasteiger partial charge >= 0.3 is 0 Å². The molecule has 2 fully saturated rings. The highest BCUT2D eigenvalue weighted by Crippen LogP contribution is 2.43. The zero-order chi connectivity index (χ0) is 9.47. The highest BCUT2D eigenvalue weighted by atomic mass is 31.2. The van der Waals surface area contributed by atoms with Crippen LogP contribution < -0.4 is 0 Å². The molecule has 0 bridgehead atoms. The maximum Gasteiger partial charge on any atom is 0.0822 e. The van der Waals surface area contributed by atoms with Crippen LogP contribution in [0.5, 0.6) is 0 Å². The predicted molar refractivity (Wildman–Crippen MR) is 57.0 cm³/mol. The fraction of sp³-hybridized carbons (Fsp3) is 1.00. The molecule has 0 saturated carbocycles. The third kappa shape index (κ3) is 2.35. The minimum absolute atomic E-state index is 0.728. The topological polar surface area (TPSA) is 20.3 Å². The number of hydrogen-bond donors (Lipinski definition) is 0. The first kappa shape index (κ1) is 9.73. The number of rotatable bonds is 2. The Morgan fingerprint density at radius 1 is 1.46 bits per heavy atom. The molecule has 0 aromatic carbocycles. The Morgan fingerprint density at radius 2 is 2.23 bits per heavy atom. The number of nitrogens with zero attached hydrogens (tertiary/aromatic N) is 1. The number of hydrogen-bond acceptors (Lipinski definition) is 2. The Hall–Kier alpha value is 0.190. The molecule has 2 atom stereocenters. The van der Waals surface area contributed by atoms with Gasteiger partial charge in [-0.05, 0) is 45.1 Å². The molecule has 2 aliphatic rings. The first-order valence-electron chi connectivity index (χ1n) is 5.33. The molecule has 2 unspecified atom stereocenters. The third-order valence-electron chi connectivity index (χ3n) is 3.30. The van der Waals surface area contributed by atoms with Crippen molar-refractivity contribution in [2.75, 3.05) is 32.6 Å². The van der Waals surface area contributed by atoms with Crippen molar-refractivity contribution < 1.29 is 4.57 Å². The molecule has 13 heavy (non-hydrogen) atoms. The zero-order valence-corrected chi connectivity index (χ0v) is 9.59. The van der Waals surface area contributed by atoms with Gasteiger partial charge in [0.25, 0.3) is 0 Å². The van der Waals surface area contributed by atoms with Gasteiger partial charge < -0.3 is 9.46 Å². The monoisotopic (exact) mass is 201 g/mol. The van der Waals surface area contributed by atoms with E-state index in [1.807, 2.05) is 13.3 Å². The summed E-state index contributed by atoms with van der Waals surface area (Å²) in [5.74, 6) is 0.728. The zero-order valence-electron chi connectivity index (χ0n) is 8.70. The summed E-state index contributed by atoms with van der Waals surface area (Å²) in [6.45, 7) is 6.36. The van der Waals surface area contributed by atoms with Crippen molar-refractivity contribution in [1.82, 2.24) is 4.90 Å². The lowest BCUT2D eigenvalue weighted by molar-refractivity contribution is 0.319. The highest BCUT2D eigenvalue weighted by molar-refractivity contribution is 7.62. The van der Waals surface area contributed by atoms with E-state index in [0.717, 1.165) is 18.1 Å². The molecule has 0 aliphatic carbocycles. The van der Waals surface area contributed by atoms with Crippen LogP contribution in [0.4, 0.5) is 0 Å². The molecule has 0 aromatic rings. The second kappa shape index (κ2) is 3.40. The van der Waals surface area contributed by atoms with Crippen LogP contribution in [0.3, 0.4) is 0 Å². The molecule has 0 radical (unpaired) electrons. The summed E-state index contributed by atoms with van der Waals surface area (Å²) in [5, 5.41) is 0. The van der Waals surface area contributed by atoms with Crippen molar-refractivity contribution in [3.8, 4) is 0 Å². The van der Waals surface area contributed by atoms with Gasteiger partial charge in [0.15, 0.2) is 0 Å². The van der Waals surface area contributed by atoms with E-state index in [0.29, 0.717) is 0 Å². The van der Waals surface area contributed by atoms with Crippen molar-refractivity contribution in [1.29, 1.82) is 0 Å². The molecule has 2 nitrogen and oxygen atoms in total. The molecule has 2 saturated heterocycles. The largest absolute Gasteiger partial charge is 0.324 e. The van der Waals surface area contributed by atoms with E-state index in [2.05, 4.69) is 4.90 Å². The summed E-state index contributed by atoms with van der Waals surface area (Å²) in [6.07, 6.45) is 5.05. The van der Waals surface area contributed by atoms with E-state index in [4.69, 9.17) is 0 Å². The van der Waals surface area contributed by atoms with Crippen LogP contribution in [0.15, 0.2) is 0 Å². The minimum Gasteiger partial charge on any atom is -0.324 e. The normalized spacial score (nSPS) is 35.2. The third-order valence-corrected chi connectivity index (χ3v) is 4.69. The summed E-state index contributed by atoms with van der Waals surface area (Å²) in [5.41, 5.74) is 0. The first-order valence-corrected chi connectivity index (χ1v) is 8.11. The summed E-state index contributed by atoms with van der Waals surface area (Å²) >= 11 is 0. The van der Waals surface area contributed by atoms with Gasteiger partial charge in [0.1, 0.15) is 0 Å². The van der Waals surface area contributed by atoms with Gasteiger partial charge in [-0.3, -0.25) is 0 Å². The summed E-state index contributed by atoms with van der Waals surface area (Å²) < 4.78 is 11.7. The lowest BCUT2D eigenvalue weighted by Gasteiger charge is -2.14. The summed E-state index contributed by atoms with van der Waals surface area (Å²) in [6, 6.07) is 0.844. The SMILES string of the molecule is CP(C)(=O)CC1CC2CCCN2C1. The molecule has 2 rings (SSSR count). The maximum absolute atomic E-state index is 11.7. The molecule has 0 spiro atoms. The smallest absolute Gasteiger partial charge is 0.0822 e. The minimum atomic E-state index is -1.78. The Balaban J connectivity index is 1.89. The van der Waals surface area contributed by atoms with E-state index >= 15 is 0 Å². The molecule has 0 aromatic heterocycles. The second-order valence-corrected chi connectivity index (χ2v) is 8.66. The summed E-state index contributed by atoms with van der Waals surface area (Å²) in [7, 11) is -1.78. The molecule has 2 heterocycles. The van der Waals surface area contributed by atoms with E-state index in [1.54, 1.807) is 0 Å². The lowest BCUT2D eigenvalue weighted by atomic mass is 10.1. The molecule has 0 N–H and O–H groups in total. The van der Waals surface area contributed by atoms with E-state index in [9.17, 15) is 4.57 Å². The van der Waals surface area contributed by atoms with Crippen LogP contribution >= 0.6 is 7.14 Å². The molecular formula is C10H20NOP. The van der Waals surface area contributed by atoms with Gasteiger partial charge in [-0.15, -0.1) is 0 Å². The van der Waals surface area contributed by atoms with Crippen LogP contribution in [0.1, 0.15) is 19.3 Å². The van der Waals surface area contributed by atoms with Crippen molar-refractivity contribution in [2.24, 2.45) is 5.92 Å². The maximum atomic E-state index is 11.7. The molecular weight excluding hydrogens is 181 g/mol. The molecule has 3 heteroatoms. The average Bonchev–Trinajstić information content (AvgIpc) is 2.40. The molecule has 2 aliphatic heterocycles. The van der Waals surface area contributed by atoms with Crippen LogP contribution in [-0.4, -0.2) is 43.5 Å². The lowest BCUT2D eigenvalue weighted by Crippen LogP contribution is -2.22. The molecule has 0 amide bonds. The predicted octanol–water partition coefficient (Wildman–Crippen LogP) is 2.09. The quantitative estimate of drug-likeness (QED) is 0.638. The Kier molecular flexibility index (Phi) is 2.55. The Morgan fingerprint density at radius 3 is 2.85 bits per heavy atom. The van der Waals surface area contributed by atoms with E-state index < -0.39 is 7.14 Å². The standard InChI is InChI=1S/C10H20NOP/c1-13(2,12)8-9-6-10-4-3-5-11(10)7-9/h9-10H,3-8H2,1-2H3. The van der Waals surface area contributed by atoms with E-state index in [1.165, 1.54) is 32.4 Å². The average molecular weight is 201 g/mol.